The van der Waals surface area contributed by atoms with E-state index in [9.17, 15) is 9.59 Å². The van der Waals surface area contributed by atoms with Gasteiger partial charge in [0.05, 0.1) is 12.7 Å². The highest BCUT2D eigenvalue weighted by Crippen LogP contribution is 2.22. The average Bonchev–Trinajstić information content (AvgIpc) is 3.08. The molecule has 0 radical (unpaired) electrons. The van der Waals surface area contributed by atoms with Gasteiger partial charge >= 0.3 is 5.97 Å². The van der Waals surface area contributed by atoms with E-state index >= 15 is 0 Å². The van der Waals surface area contributed by atoms with E-state index in [1.165, 1.54) is 24.3 Å². The van der Waals surface area contributed by atoms with E-state index in [1.807, 2.05) is 18.7 Å². The van der Waals surface area contributed by atoms with E-state index in [-0.39, 0.29) is 5.91 Å². The van der Waals surface area contributed by atoms with Crippen LogP contribution in [0.1, 0.15) is 51.0 Å². The number of anilines is 1. The van der Waals surface area contributed by atoms with Gasteiger partial charge in [-0.2, -0.15) is 11.8 Å². The zero-order chi connectivity index (χ0) is 20.8. The summed E-state index contributed by atoms with van der Waals surface area (Å²) in [7, 11) is 1.36. The van der Waals surface area contributed by atoms with Gasteiger partial charge in [-0.25, -0.2) is 4.79 Å². The third-order valence-corrected chi connectivity index (χ3v) is 6.12. The normalized spacial score (nSPS) is 14.0. The minimum atomic E-state index is -0.409. The molecule has 0 aliphatic carbocycles. The molecule has 2 aromatic rings. The summed E-state index contributed by atoms with van der Waals surface area (Å²) >= 11 is 1.99. The average molecular weight is 416 g/mol. The van der Waals surface area contributed by atoms with Crippen molar-refractivity contribution in [2.24, 2.45) is 0 Å². The molecule has 0 atom stereocenters. The minimum Gasteiger partial charge on any atom is -0.465 e. The van der Waals surface area contributed by atoms with Gasteiger partial charge in [-0.3, -0.25) is 4.79 Å². The molecule has 0 saturated carbocycles. The number of aromatic amines is 1. The fraction of sp³-hybridized carbons (Fsp3) is 0.455. The van der Waals surface area contributed by atoms with Crippen LogP contribution in [0.4, 0.5) is 5.69 Å². The van der Waals surface area contributed by atoms with Gasteiger partial charge in [0.1, 0.15) is 5.69 Å². The van der Waals surface area contributed by atoms with E-state index in [2.05, 4.69) is 39.5 Å². The number of hydrogen-bond acceptors (Lipinski definition) is 5. The predicted molar refractivity (Wildman–Crippen MR) is 118 cm³/mol. The van der Waals surface area contributed by atoms with Crippen LogP contribution in [0.25, 0.3) is 0 Å². The molecule has 1 aliphatic rings. The summed E-state index contributed by atoms with van der Waals surface area (Å²) in [5.41, 5.74) is 4.59. The summed E-state index contributed by atoms with van der Waals surface area (Å²) in [6.45, 7) is 6.41. The molecule has 29 heavy (non-hydrogen) atoms. The molecule has 1 aromatic heterocycles. The Kier molecular flexibility index (Phi) is 7.25. The SMILES string of the molecule is CCCc1c(C(=O)NCc2ccc(N3CCSCC3)cc2)[nH]c(C)c1C(=O)OC. The van der Waals surface area contributed by atoms with Crippen molar-refractivity contribution in [2.45, 2.75) is 33.2 Å². The number of aromatic nitrogens is 1. The lowest BCUT2D eigenvalue weighted by atomic mass is 10.0. The van der Waals surface area contributed by atoms with Gasteiger partial charge in [-0.05, 0) is 36.6 Å². The maximum atomic E-state index is 12.8. The third kappa shape index (κ3) is 4.96. The monoisotopic (exact) mass is 415 g/mol. The Bertz CT molecular complexity index is 855. The van der Waals surface area contributed by atoms with Crippen molar-refractivity contribution in [3.63, 3.8) is 0 Å². The maximum absolute atomic E-state index is 12.8. The molecule has 3 rings (SSSR count). The number of ether oxygens (including phenoxy) is 1. The Morgan fingerprint density at radius 2 is 1.90 bits per heavy atom. The van der Waals surface area contributed by atoms with Crippen molar-refractivity contribution in [1.29, 1.82) is 0 Å². The zero-order valence-electron chi connectivity index (χ0n) is 17.3. The van der Waals surface area contributed by atoms with Gasteiger partial charge in [0.25, 0.3) is 5.91 Å². The van der Waals surface area contributed by atoms with Crippen LogP contribution in [0.15, 0.2) is 24.3 Å². The maximum Gasteiger partial charge on any atom is 0.339 e. The summed E-state index contributed by atoms with van der Waals surface area (Å²) in [5.74, 6) is 1.72. The topological polar surface area (TPSA) is 74.4 Å². The molecule has 1 saturated heterocycles. The second-order valence-corrected chi connectivity index (χ2v) is 8.39. The first kappa shape index (κ1) is 21.3. The molecule has 156 valence electrons. The Morgan fingerprint density at radius 3 is 2.52 bits per heavy atom. The van der Waals surface area contributed by atoms with E-state index in [0.717, 1.165) is 30.6 Å². The van der Waals surface area contributed by atoms with E-state index in [1.54, 1.807) is 6.92 Å². The van der Waals surface area contributed by atoms with E-state index in [0.29, 0.717) is 29.9 Å². The van der Waals surface area contributed by atoms with Crippen molar-refractivity contribution in [3.8, 4) is 0 Å². The lowest BCUT2D eigenvalue weighted by Crippen LogP contribution is -2.32. The quantitative estimate of drug-likeness (QED) is 0.677. The van der Waals surface area contributed by atoms with Crippen LogP contribution in [-0.2, 0) is 17.7 Å². The predicted octanol–water partition coefficient (Wildman–Crippen LogP) is 3.55. The van der Waals surface area contributed by atoms with Crippen LogP contribution in [0.3, 0.4) is 0 Å². The van der Waals surface area contributed by atoms with Crippen molar-refractivity contribution in [3.05, 3.63) is 52.3 Å². The minimum absolute atomic E-state index is 0.205. The first-order chi connectivity index (χ1) is 14.0. The number of nitrogens with one attached hydrogen (secondary N) is 2. The molecule has 2 N–H and O–H groups in total. The molecule has 1 amide bonds. The second kappa shape index (κ2) is 9.87. The number of aryl methyl sites for hydroxylation is 1. The van der Waals surface area contributed by atoms with Crippen molar-refractivity contribution >= 4 is 29.3 Å². The van der Waals surface area contributed by atoms with Gasteiger partial charge in [-0.1, -0.05) is 25.5 Å². The van der Waals surface area contributed by atoms with Crippen LogP contribution in [0, 0.1) is 6.92 Å². The number of carbonyl (C=O) groups excluding carboxylic acids is 2. The van der Waals surface area contributed by atoms with E-state index < -0.39 is 5.97 Å². The van der Waals surface area contributed by atoms with Crippen LogP contribution in [0.2, 0.25) is 0 Å². The summed E-state index contributed by atoms with van der Waals surface area (Å²) in [5, 5.41) is 2.97. The molecule has 0 unspecified atom stereocenters. The number of rotatable bonds is 7. The number of amides is 1. The van der Waals surface area contributed by atoms with E-state index in [4.69, 9.17) is 4.74 Å². The van der Waals surface area contributed by atoms with Gasteiger partial charge in [0.2, 0.25) is 0 Å². The lowest BCUT2D eigenvalue weighted by Gasteiger charge is -2.28. The number of thioether (sulfide) groups is 1. The number of esters is 1. The molecule has 1 aliphatic heterocycles. The highest BCUT2D eigenvalue weighted by atomic mass is 32.2. The Labute approximate surface area is 176 Å². The smallest absolute Gasteiger partial charge is 0.339 e. The van der Waals surface area contributed by atoms with Crippen LogP contribution < -0.4 is 10.2 Å². The van der Waals surface area contributed by atoms with Crippen molar-refractivity contribution < 1.29 is 14.3 Å². The number of benzene rings is 1. The van der Waals surface area contributed by atoms with Gasteiger partial charge in [0, 0.05) is 42.5 Å². The number of methoxy groups -OCH3 is 1. The highest BCUT2D eigenvalue weighted by Gasteiger charge is 2.24. The highest BCUT2D eigenvalue weighted by molar-refractivity contribution is 7.99. The Hall–Kier alpha value is -2.41. The third-order valence-electron chi connectivity index (χ3n) is 5.17. The van der Waals surface area contributed by atoms with Crippen LogP contribution in [0.5, 0.6) is 0 Å². The van der Waals surface area contributed by atoms with Crippen LogP contribution >= 0.6 is 11.8 Å². The van der Waals surface area contributed by atoms with Crippen LogP contribution in [-0.4, -0.2) is 48.6 Å². The largest absolute Gasteiger partial charge is 0.465 e. The number of carbonyl (C=O) groups is 2. The number of hydrogen-bond donors (Lipinski definition) is 2. The van der Waals surface area contributed by atoms with Crippen molar-refractivity contribution in [1.82, 2.24) is 10.3 Å². The molecule has 7 heteroatoms. The van der Waals surface area contributed by atoms with Gasteiger partial charge in [-0.15, -0.1) is 0 Å². The fourth-order valence-corrected chi connectivity index (χ4v) is 4.57. The first-order valence-corrected chi connectivity index (χ1v) is 11.2. The molecule has 1 fully saturated rings. The zero-order valence-corrected chi connectivity index (χ0v) is 18.2. The summed E-state index contributed by atoms with van der Waals surface area (Å²) in [6.07, 6.45) is 1.47. The number of H-pyrrole nitrogens is 1. The molecule has 1 aromatic carbocycles. The summed E-state index contributed by atoms with van der Waals surface area (Å²) in [4.78, 5) is 30.4. The van der Waals surface area contributed by atoms with Crippen molar-refractivity contribution in [2.75, 3.05) is 36.6 Å². The molecule has 0 bridgehead atoms. The molecular weight excluding hydrogens is 386 g/mol. The standard InChI is InChI=1S/C22H29N3O3S/c1-4-5-18-19(22(27)28-3)15(2)24-20(18)21(26)23-14-16-6-8-17(9-7-16)25-10-12-29-13-11-25/h6-9,24H,4-5,10-14H2,1-3H3,(H,23,26). The summed E-state index contributed by atoms with van der Waals surface area (Å²) in [6, 6.07) is 8.36. The first-order valence-electron chi connectivity index (χ1n) is 10.0. The Morgan fingerprint density at radius 1 is 1.21 bits per heavy atom. The van der Waals surface area contributed by atoms with Gasteiger partial charge < -0.3 is 19.9 Å². The Balaban J connectivity index is 1.68. The fourth-order valence-electron chi connectivity index (χ4n) is 3.67. The lowest BCUT2D eigenvalue weighted by molar-refractivity contribution is 0.0599. The molecule has 2 heterocycles. The molecule has 6 nitrogen and oxygen atoms in total. The molecular formula is C22H29N3O3S. The van der Waals surface area contributed by atoms with Gasteiger partial charge in [0.15, 0.2) is 0 Å². The number of nitrogens with zero attached hydrogens (tertiary/aromatic N) is 1. The second-order valence-electron chi connectivity index (χ2n) is 7.17. The summed E-state index contributed by atoms with van der Waals surface area (Å²) < 4.78 is 4.89. The molecule has 0 spiro atoms.